The van der Waals surface area contributed by atoms with Gasteiger partial charge in [0.25, 0.3) is 5.91 Å². The zero-order valence-corrected chi connectivity index (χ0v) is 20.4. The van der Waals surface area contributed by atoms with Crippen molar-refractivity contribution < 1.29 is 13.2 Å². The van der Waals surface area contributed by atoms with Crippen LogP contribution in [0.15, 0.2) is 69.1 Å². The first-order chi connectivity index (χ1) is 14.9. The van der Waals surface area contributed by atoms with Crippen LogP contribution >= 0.6 is 34.7 Å². The predicted molar refractivity (Wildman–Crippen MR) is 130 cm³/mol. The molecule has 0 bridgehead atoms. The molecule has 9 heteroatoms. The minimum absolute atomic E-state index is 0.0471. The Morgan fingerprint density at radius 1 is 1.13 bits per heavy atom. The molecule has 0 radical (unpaired) electrons. The number of halogens is 1. The van der Waals surface area contributed by atoms with Crippen LogP contribution in [-0.2, 0) is 15.8 Å². The molecule has 2 aromatic carbocycles. The van der Waals surface area contributed by atoms with Gasteiger partial charge in [-0.2, -0.15) is 15.6 Å². The van der Waals surface area contributed by atoms with Gasteiger partial charge in [-0.1, -0.05) is 37.6 Å². The van der Waals surface area contributed by atoms with E-state index in [1.165, 1.54) is 28.1 Å². The molecular weight excluding hydrogens is 472 g/mol. The van der Waals surface area contributed by atoms with Crippen molar-refractivity contribution in [1.82, 2.24) is 4.31 Å². The van der Waals surface area contributed by atoms with Gasteiger partial charge >= 0.3 is 0 Å². The molecule has 164 valence electrons. The highest BCUT2D eigenvalue weighted by atomic mass is 35.5. The SMILES string of the molecule is CCN(CC)S(=O)(=O)c1ccc(Cl)c(C(=O)Nc2ccccc2SCc2ccsc2)c1. The van der Waals surface area contributed by atoms with E-state index in [0.717, 1.165) is 10.6 Å². The lowest BCUT2D eigenvalue weighted by Crippen LogP contribution is -2.30. The fourth-order valence-corrected chi connectivity index (χ4v) is 6.39. The first-order valence-electron chi connectivity index (χ1n) is 9.70. The van der Waals surface area contributed by atoms with Gasteiger partial charge in [-0.25, -0.2) is 8.42 Å². The number of anilines is 1. The molecule has 0 spiro atoms. The van der Waals surface area contributed by atoms with Gasteiger partial charge in [0.1, 0.15) is 0 Å². The van der Waals surface area contributed by atoms with Gasteiger partial charge in [0.15, 0.2) is 0 Å². The molecule has 0 atom stereocenters. The number of para-hydroxylation sites is 1. The van der Waals surface area contributed by atoms with E-state index in [4.69, 9.17) is 11.6 Å². The summed E-state index contributed by atoms with van der Waals surface area (Å²) in [4.78, 5) is 14.0. The van der Waals surface area contributed by atoms with E-state index in [2.05, 4.69) is 16.8 Å². The van der Waals surface area contributed by atoms with Crippen LogP contribution in [0.2, 0.25) is 5.02 Å². The number of benzene rings is 2. The Morgan fingerprint density at radius 3 is 2.55 bits per heavy atom. The zero-order chi connectivity index (χ0) is 22.4. The number of hydrogen-bond acceptors (Lipinski definition) is 5. The molecule has 0 aliphatic carbocycles. The Balaban J connectivity index is 1.84. The van der Waals surface area contributed by atoms with Crippen LogP contribution in [-0.4, -0.2) is 31.7 Å². The lowest BCUT2D eigenvalue weighted by atomic mass is 10.2. The smallest absolute Gasteiger partial charge is 0.257 e. The molecule has 3 aromatic rings. The number of carbonyl (C=O) groups excluding carboxylic acids is 1. The van der Waals surface area contributed by atoms with Gasteiger partial charge in [0.05, 0.1) is 21.2 Å². The highest BCUT2D eigenvalue weighted by Gasteiger charge is 2.24. The van der Waals surface area contributed by atoms with Crippen LogP contribution in [0.3, 0.4) is 0 Å². The average molecular weight is 495 g/mol. The van der Waals surface area contributed by atoms with Crippen LogP contribution in [0.25, 0.3) is 0 Å². The highest BCUT2D eigenvalue weighted by Crippen LogP contribution is 2.31. The normalized spacial score (nSPS) is 11.6. The number of nitrogens with one attached hydrogen (secondary N) is 1. The summed E-state index contributed by atoms with van der Waals surface area (Å²) in [7, 11) is -3.70. The third-order valence-corrected chi connectivity index (χ3v) is 8.89. The van der Waals surface area contributed by atoms with Crippen LogP contribution in [0.4, 0.5) is 5.69 Å². The quantitative estimate of drug-likeness (QED) is 0.372. The Kier molecular flexibility index (Phi) is 8.18. The summed E-state index contributed by atoms with van der Waals surface area (Å²) in [6.45, 7) is 4.24. The lowest BCUT2D eigenvalue weighted by molar-refractivity contribution is 0.102. The van der Waals surface area contributed by atoms with Crippen molar-refractivity contribution in [2.45, 2.75) is 29.4 Å². The summed E-state index contributed by atoms with van der Waals surface area (Å²) in [5, 5.41) is 7.20. The number of thiophene rings is 1. The number of hydrogen-bond donors (Lipinski definition) is 1. The number of amides is 1. The van der Waals surface area contributed by atoms with Gasteiger partial charge in [0.2, 0.25) is 10.0 Å². The van der Waals surface area contributed by atoms with Crippen LogP contribution in [0.1, 0.15) is 29.8 Å². The van der Waals surface area contributed by atoms with Gasteiger partial charge < -0.3 is 5.32 Å². The minimum atomic E-state index is -3.70. The molecule has 0 unspecified atom stereocenters. The average Bonchev–Trinajstić information content (AvgIpc) is 3.27. The fraction of sp³-hybridized carbons (Fsp3) is 0.227. The Morgan fingerprint density at radius 2 is 1.87 bits per heavy atom. The minimum Gasteiger partial charge on any atom is -0.321 e. The molecule has 0 saturated carbocycles. The van der Waals surface area contributed by atoms with Crippen LogP contribution in [0, 0.1) is 0 Å². The third kappa shape index (κ3) is 5.70. The summed E-state index contributed by atoms with van der Waals surface area (Å²) in [6, 6.07) is 13.8. The van der Waals surface area contributed by atoms with Crippen LogP contribution < -0.4 is 5.32 Å². The standard InChI is InChI=1S/C22H23ClN2O3S3/c1-3-25(4-2)31(27,28)17-9-10-19(23)18(13-17)22(26)24-20-7-5-6-8-21(20)30-15-16-11-12-29-14-16/h5-14H,3-4,15H2,1-2H3,(H,24,26). The fourth-order valence-electron chi connectivity index (χ4n) is 2.97. The van der Waals surface area contributed by atoms with Crippen molar-refractivity contribution in [3.05, 3.63) is 75.4 Å². The van der Waals surface area contributed by atoms with Crippen molar-refractivity contribution >= 4 is 56.3 Å². The van der Waals surface area contributed by atoms with Crippen molar-refractivity contribution in [2.75, 3.05) is 18.4 Å². The highest BCUT2D eigenvalue weighted by molar-refractivity contribution is 7.98. The van der Waals surface area contributed by atoms with Gasteiger partial charge in [-0.3, -0.25) is 4.79 Å². The molecule has 1 amide bonds. The zero-order valence-electron chi connectivity index (χ0n) is 17.2. The monoisotopic (exact) mass is 494 g/mol. The second-order valence-corrected chi connectivity index (χ2v) is 10.7. The van der Waals surface area contributed by atoms with E-state index in [1.54, 1.807) is 36.9 Å². The molecule has 0 aliphatic rings. The van der Waals surface area contributed by atoms with Crippen molar-refractivity contribution in [3.63, 3.8) is 0 Å². The number of sulfonamides is 1. The largest absolute Gasteiger partial charge is 0.321 e. The summed E-state index contributed by atoms with van der Waals surface area (Å²) >= 11 is 9.52. The number of rotatable bonds is 9. The molecule has 5 nitrogen and oxygen atoms in total. The second kappa shape index (κ2) is 10.7. The van der Waals surface area contributed by atoms with Crippen molar-refractivity contribution in [3.8, 4) is 0 Å². The molecule has 1 N–H and O–H groups in total. The van der Waals surface area contributed by atoms with E-state index in [-0.39, 0.29) is 15.5 Å². The molecule has 0 saturated heterocycles. The van der Waals surface area contributed by atoms with Gasteiger partial charge in [-0.15, -0.1) is 11.8 Å². The Bertz CT molecular complexity index is 1140. The summed E-state index contributed by atoms with van der Waals surface area (Å²) < 4.78 is 27.0. The van der Waals surface area contributed by atoms with E-state index < -0.39 is 15.9 Å². The maximum absolute atomic E-state index is 13.0. The van der Waals surface area contributed by atoms with Crippen molar-refractivity contribution in [1.29, 1.82) is 0 Å². The number of nitrogens with zero attached hydrogens (tertiary/aromatic N) is 1. The van der Waals surface area contributed by atoms with E-state index in [0.29, 0.717) is 18.8 Å². The topological polar surface area (TPSA) is 66.5 Å². The summed E-state index contributed by atoms with van der Waals surface area (Å²) in [5.74, 6) is 0.333. The van der Waals surface area contributed by atoms with Gasteiger partial charge in [0, 0.05) is 23.7 Å². The maximum Gasteiger partial charge on any atom is 0.257 e. The third-order valence-electron chi connectivity index (χ3n) is 4.64. The molecule has 3 rings (SSSR count). The maximum atomic E-state index is 13.0. The molecule has 31 heavy (non-hydrogen) atoms. The number of carbonyl (C=O) groups is 1. The first kappa shape index (κ1) is 23.8. The van der Waals surface area contributed by atoms with E-state index in [1.807, 2.05) is 29.6 Å². The summed E-state index contributed by atoms with van der Waals surface area (Å²) in [5.41, 5.74) is 1.99. The molecular formula is C22H23ClN2O3S3. The van der Waals surface area contributed by atoms with Crippen LogP contribution in [0.5, 0.6) is 0 Å². The second-order valence-electron chi connectivity index (χ2n) is 6.60. The summed E-state index contributed by atoms with van der Waals surface area (Å²) in [6.07, 6.45) is 0. The van der Waals surface area contributed by atoms with E-state index >= 15 is 0 Å². The van der Waals surface area contributed by atoms with Crippen molar-refractivity contribution in [2.24, 2.45) is 0 Å². The molecule has 0 fully saturated rings. The number of thioether (sulfide) groups is 1. The first-order valence-corrected chi connectivity index (χ1v) is 13.5. The van der Waals surface area contributed by atoms with Gasteiger partial charge in [-0.05, 0) is 52.7 Å². The Labute approximate surface area is 196 Å². The molecule has 1 heterocycles. The predicted octanol–water partition coefficient (Wildman–Crippen LogP) is 5.98. The molecule has 0 aliphatic heterocycles. The lowest BCUT2D eigenvalue weighted by Gasteiger charge is -2.19. The van der Waals surface area contributed by atoms with E-state index in [9.17, 15) is 13.2 Å². The Hall–Kier alpha value is -1.84. The molecule has 1 aromatic heterocycles.